The van der Waals surface area contributed by atoms with Crippen molar-refractivity contribution in [1.82, 2.24) is 4.90 Å². The molecule has 1 N–H and O–H groups in total. The molecule has 2 aromatic rings. The highest BCUT2D eigenvalue weighted by Crippen LogP contribution is 2.24. The van der Waals surface area contributed by atoms with Gasteiger partial charge in [-0.05, 0) is 30.7 Å². The maximum absolute atomic E-state index is 12.4. The standard InChI is InChI=1S/C15H14N2O3/c1-10-14(18)16-12-6-3-2-5-11(12)9-17(10)15(19)13-7-4-8-20-13/h2-8,10H,9H2,1H3,(H,16,18). The fraction of sp³-hybridized carbons (Fsp3) is 0.200. The first-order valence-electron chi connectivity index (χ1n) is 6.40. The Morgan fingerprint density at radius 3 is 2.85 bits per heavy atom. The molecule has 1 aromatic carbocycles. The number of anilines is 1. The molecule has 0 radical (unpaired) electrons. The third-order valence-corrected chi connectivity index (χ3v) is 3.46. The molecular formula is C15H14N2O3. The lowest BCUT2D eigenvalue weighted by molar-refractivity contribution is -0.120. The minimum absolute atomic E-state index is 0.199. The van der Waals surface area contributed by atoms with E-state index < -0.39 is 6.04 Å². The summed E-state index contributed by atoms with van der Waals surface area (Å²) in [4.78, 5) is 26.1. The van der Waals surface area contributed by atoms with Crippen LogP contribution in [0.2, 0.25) is 0 Å². The number of hydrogen-bond donors (Lipinski definition) is 1. The minimum atomic E-state index is -0.556. The van der Waals surface area contributed by atoms with E-state index in [4.69, 9.17) is 4.42 Å². The molecule has 102 valence electrons. The van der Waals surface area contributed by atoms with Gasteiger partial charge in [-0.2, -0.15) is 0 Å². The zero-order valence-electron chi connectivity index (χ0n) is 11.0. The number of para-hydroxylation sites is 1. The molecule has 5 heteroatoms. The molecule has 0 saturated heterocycles. The summed E-state index contributed by atoms with van der Waals surface area (Å²) in [7, 11) is 0. The number of benzene rings is 1. The number of fused-ring (bicyclic) bond motifs is 1. The van der Waals surface area contributed by atoms with Crippen LogP contribution in [0.25, 0.3) is 0 Å². The molecule has 1 atom stereocenters. The van der Waals surface area contributed by atoms with Crippen molar-refractivity contribution < 1.29 is 14.0 Å². The Bertz CT molecular complexity index is 649. The van der Waals surface area contributed by atoms with Crippen LogP contribution in [0.3, 0.4) is 0 Å². The van der Waals surface area contributed by atoms with Gasteiger partial charge in [0.05, 0.1) is 6.26 Å². The van der Waals surface area contributed by atoms with Gasteiger partial charge in [0.2, 0.25) is 5.91 Å². The largest absolute Gasteiger partial charge is 0.459 e. The molecule has 1 aliphatic heterocycles. The number of amides is 2. The highest BCUT2D eigenvalue weighted by molar-refractivity contribution is 6.01. The Morgan fingerprint density at radius 2 is 2.10 bits per heavy atom. The summed E-state index contributed by atoms with van der Waals surface area (Å²) < 4.78 is 5.14. The van der Waals surface area contributed by atoms with E-state index in [2.05, 4.69) is 5.32 Å². The normalized spacial score (nSPS) is 18.1. The first-order chi connectivity index (χ1) is 9.66. The fourth-order valence-electron chi connectivity index (χ4n) is 2.27. The Hall–Kier alpha value is -2.56. The van der Waals surface area contributed by atoms with Crippen LogP contribution >= 0.6 is 0 Å². The van der Waals surface area contributed by atoms with Gasteiger partial charge in [0, 0.05) is 12.2 Å². The van der Waals surface area contributed by atoms with Crippen LogP contribution in [0.4, 0.5) is 5.69 Å². The third kappa shape index (κ3) is 2.07. The monoisotopic (exact) mass is 270 g/mol. The van der Waals surface area contributed by atoms with Gasteiger partial charge in [-0.1, -0.05) is 18.2 Å². The Morgan fingerprint density at radius 1 is 1.30 bits per heavy atom. The SMILES string of the molecule is CC1C(=O)Nc2ccccc2CN1C(=O)c1ccco1. The summed E-state index contributed by atoms with van der Waals surface area (Å²) in [5.74, 6) is -0.242. The van der Waals surface area contributed by atoms with E-state index in [9.17, 15) is 9.59 Å². The Kier molecular flexibility index (Phi) is 3.02. The second kappa shape index (κ2) is 4.85. The van der Waals surface area contributed by atoms with E-state index in [1.165, 1.54) is 11.2 Å². The number of hydrogen-bond acceptors (Lipinski definition) is 3. The van der Waals surface area contributed by atoms with Gasteiger partial charge < -0.3 is 14.6 Å². The quantitative estimate of drug-likeness (QED) is 0.864. The molecule has 1 aromatic heterocycles. The van der Waals surface area contributed by atoms with Crippen LogP contribution in [0.15, 0.2) is 47.1 Å². The molecule has 2 heterocycles. The maximum Gasteiger partial charge on any atom is 0.290 e. The number of carbonyl (C=O) groups excluding carboxylic acids is 2. The first kappa shape index (κ1) is 12.5. The molecular weight excluding hydrogens is 256 g/mol. The predicted octanol–water partition coefficient (Wildman–Crippen LogP) is 2.26. The molecule has 2 amide bonds. The van der Waals surface area contributed by atoms with Crippen LogP contribution in [0.5, 0.6) is 0 Å². The van der Waals surface area contributed by atoms with Crippen molar-refractivity contribution >= 4 is 17.5 Å². The number of rotatable bonds is 1. The number of furan rings is 1. The van der Waals surface area contributed by atoms with Crippen LogP contribution < -0.4 is 5.32 Å². The average molecular weight is 270 g/mol. The van der Waals surface area contributed by atoms with Crippen molar-refractivity contribution in [1.29, 1.82) is 0 Å². The molecule has 5 nitrogen and oxygen atoms in total. The van der Waals surface area contributed by atoms with Crippen molar-refractivity contribution in [3.8, 4) is 0 Å². The van der Waals surface area contributed by atoms with E-state index in [1.807, 2.05) is 24.3 Å². The van der Waals surface area contributed by atoms with Crippen LogP contribution in [0, 0.1) is 0 Å². The molecule has 0 bridgehead atoms. The van der Waals surface area contributed by atoms with Crippen molar-refractivity contribution in [3.05, 3.63) is 54.0 Å². The summed E-state index contributed by atoms with van der Waals surface area (Å²) >= 11 is 0. The number of nitrogens with one attached hydrogen (secondary N) is 1. The summed E-state index contributed by atoms with van der Waals surface area (Å²) in [6, 6.07) is 10.2. The van der Waals surface area contributed by atoms with Crippen molar-refractivity contribution in [2.45, 2.75) is 19.5 Å². The summed E-state index contributed by atoms with van der Waals surface area (Å²) in [6.07, 6.45) is 1.45. The second-order valence-corrected chi connectivity index (χ2v) is 4.73. The van der Waals surface area contributed by atoms with Crippen LogP contribution in [-0.4, -0.2) is 22.8 Å². The number of carbonyl (C=O) groups is 2. The van der Waals surface area contributed by atoms with E-state index >= 15 is 0 Å². The summed E-state index contributed by atoms with van der Waals surface area (Å²) in [5.41, 5.74) is 1.66. The van der Waals surface area contributed by atoms with E-state index in [0.29, 0.717) is 6.54 Å². The van der Waals surface area contributed by atoms with Gasteiger partial charge in [-0.25, -0.2) is 0 Å². The van der Waals surface area contributed by atoms with Gasteiger partial charge in [-0.3, -0.25) is 9.59 Å². The molecule has 0 saturated carbocycles. The average Bonchev–Trinajstić information content (AvgIpc) is 2.95. The van der Waals surface area contributed by atoms with Gasteiger partial charge in [-0.15, -0.1) is 0 Å². The summed E-state index contributed by atoms with van der Waals surface area (Å²) in [6.45, 7) is 2.08. The van der Waals surface area contributed by atoms with E-state index in [0.717, 1.165) is 11.3 Å². The topological polar surface area (TPSA) is 62.6 Å². The molecule has 0 spiro atoms. The predicted molar refractivity (Wildman–Crippen MR) is 73.1 cm³/mol. The van der Waals surface area contributed by atoms with Crippen LogP contribution in [-0.2, 0) is 11.3 Å². The van der Waals surface area contributed by atoms with Crippen molar-refractivity contribution in [2.24, 2.45) is 0 Å². The fourth-order valence-corrected chi connectivity index (χ4v) is 2.27. The molecule has 0 aliphatic carbocycles. The molecule has 20 heavy (non-hydrogen) atoms. The number of nitrogens with zero attached hydrogens (tertiary/aromatic N) is 1. The molecule has 1 aliphatic rings. The van der Waals surface area contributed by atoms with Gasteiger partial charge in [0.25, 0.3) is 5.91 Å². The molecule has 3 rings (SSSR count). The highest BCUT2D eigenvalue weighted by Gasteiger charge is 2.31. The zero-order chi connectivity index (χ0) is 14.1. The first-order valence-corrected chi connectivity index (χ1v) is 6.40. The third-order valence-electron chi connectivity index (χ3n) is 3.46. The Labute approximate surface area is 116 Å². The minimum Gasteiger partial charge on any atom is -0.459 e. The van der Waals surface area contributed by atoms with Gasteiger partial charge in [0.15, 0.2) is 5.76 Å². The molecule has 1 unspecified atom stereocenters. The maximum atomic E-state index is 12.4. The lowest BCUT2D eigenvalue weighted by Crippen LogP contribution is -2.43. The van der Waals surface area contributed by atoms with Crippen LogP contribution in [0.1, 0.15) is 23.0 Å². The van der Waals surface area contributed by atoms with E-state index in [1.54, 1.807) is 19.1 Å². The molecule has 0 fully saturated rings. The van der Waals surface area contributed by atoms with Crippen molar-refractivity contribution in [2.75, 3.05) is 5.32 Å². The lowest BCUT2D eigenvalue weighted by Gasteiger charge is -2.24. The summed E-state index contributed by atoms with van der Waals surface area (Å²) in [5, 5.41) is 2.84. The Balaban J connectivity index is 1.98. The van der Waals surface area contributed by atoms with E-state index in [-0.39, 0.29) is 17.6 Å². The van der Waals surface area contributed by atoms with Gasteiger partial charge >= 0.3 is 0 Å². The smallest absolute Gasteiger partial charge is 0.290 e. The second-order valence-electron chi connectivity index (χ2n) is 4.73. The highest BCUT2D eigenvalue weighted by atomic mass is 16.3. The lowest BCUT2D eigenvalue weighted by atomic mass is 10.1. The van der Waals surface area contributed by atoms with Crippen molar-refractivity contribution in [3.63, 3.8) is 0 Å². The zero-order valence-corrected chi connectivity index (χ0v) is 11.0. The van der Waals surface area contributed by atoms with Gasteiger partial charge in [0.1, 0.15) is 6.04 Å².